The smallest absolute Gasteiger partial charge is 0.180 e. The van der Waals surface area contributed by atoms with E-state index < -0.39 is 0 Å². The van der Waals surface area contributed by atoms with Gasteiger partial charge < -0.3 is 15.3 Å². The number of hydrogen-bond acceptors (Lipinski definition) is 3. The van der Waals surface area contributed by atoms with E-state index in [0.717, 1.165) is 44.8 Å². The van der Waals surface area contributed by atoms with Crippen LogP contribution in [-0.4, -0.2) is 24.3 Å². The number of rotatable bonds is 3. The molecule has 0 saturated carbocycles. The average Bonchev–Trinajstić information content (AvgIpc) is 3.46. The molecule has 4 heterocycles. The summed E-state index contributed by atoms with van der Waals surface area (Å²) in [6.07, 6.45) is 9.53. The first-order valence-corrected chi connectivity index (χ1v) is 9.09. The zero-order chi connectivity index (χ0) is 18.5. The number of benzene rings is 2. The molecule has 0 amide bonds. The van der Waals surface area contributed by atoms with Crippen LogP contribution >= 0.6 is 0 Å². The Morgan fingerprint density at radius 1 is 0.821 bits per heavy atom. The van der Waals surface area contributed by atoms with Gasteiger partial charge in [-0.25, -0.2) is 9.97 Å². The van der Waals surface area contributed by atoms with Gasteiger partial charge in [-0.15, -0.1) is 0 Å². The molecule has 6 nitrogen and oxygen atoms in total. The maximum atomic E-state index is 4.64. The molecule has 6 aromatic rings. The Morgan fingerprint density at radius 2 is 1.61 bits per heavy atom. The topological polar surface area (TPSA) is 73.8 Å². The molecule has 0 spiro atoms. The number of anilines is 2. The third-order valence-corrected chi connectivity index (χ3v) is 5.09. The first-order valence-electron chi connectivity index (χ1n) is 9.09. The van der Waals surface area contributed by atoms with Crippen LogP contribution in [0.1, 0.15) is 0 Å². The second-order valence-electron chi connectivity index (χ2n) is 6.80. The van der Waals surface area contributed by atoms with Crippen molar-refractivity contribution in [1.82, 2.24) is 24.3 Å². The molecule has 0 aliphatic carbocycles. The third-order valence-electron chi connectivity index (χ3n) is 5.09. The van der Waals surface area contributed by atoms with Crippen molar-refractivity contribution >= 4 is 39.0 Å². The number of imidazole rings is 1. The number of hydrogen-bond donors (Lipinski definition) is 3. The van der Waals surface area contributed by atoms with Gasteiger partial charge in [-0.1, -0.05) is 6.07 Å². The molecule has 28 heavy (non-hydrogen) atoms. The summed E-state index contributed by atoms with van der Waals surface area (Å²) in [5.41, 5.74) is 6.16. The van der Waals surface area contributed by atoms with E-state index in [2.05, 4.69) is 72.1 Å². The summed E-state index contributed by atoms with van der Waals surface area (Å²) in [4.78, 5) is 15.6. The molecule has 0 aliphatic rings. The predicted molar refractivity (Wildman–Crippen MR) is 112 cm³/mol. The Kier molecular flexibility index (Phi) is 3.07. The van der Waals surface area contributed by atoms with Crippen molar-refractivity contribution in [3.8, 4) is 11.3 Å². The van der Waals surface area contributed by atoms with E-state index in [9.17, 15) is 0 Å². The first kappa shape index (κ1) is 15.0. The lowest BCUT2D eigenvalue weighted by atomic mass is 10.1. The highest BCUT2D eigenvalue weighted by molar-refractivity contribution is 5.86. The highest BCUT2D eigenvalue weighted by atomic mass is 15.1. The lowest BCUT2D eigenvalue weighted by Gasteiger charge is -2.08. The van der Waals surface area contributed by atoms with Gasteiger partial charge in [0, 0.05) is 57.8 Å². The van der Waals surface area contributed by atoms with Gasteiger partial charge in [-0.3, -0.25) is 4.40 Å². The minimum atomic E-state index is 0.728. The van der Waals surface area contributed by atoms with Crippen molar-refractivity contribution in [3.63, 3.8) is 0 Å². The van der Waals surface area contributed by atoms with Crippen LogP contribution in [0, 0.1) is 0 Å². The fraction of sp³-hybridized carbons (Fsp3) is 0. The van der Waals surface area contributed by atoms with Gasteiger partial charge in [-0.05, 0) is 42.5 Å². The van der Waals surface area contributed by atoms with E-state index in [-0.39, 0.29) is 0 Å². The van der Waals surface area contributed by atoms with E-state index >= 15 is 0 Å². The summed E-state index contributed by atoms with van der Waals surface area (Å²) in [7, 11) is 0. The molecule has 2 aromatic carbocycles. The van der Waals surface area contributed by atoms with Crippen molar-refractivity contribution < 1.29 is 0 Å². The van der Waals surface area contributed by atoms with Gasteiger partial charge >= 0.3 is 0 Å². The summed E-state index contributed by atoms with van der Waals surface area (Å²) in [5.74, 6) is 0.728. The molecular formula is C22H16N6. The van der Waals surface area contributed by atoms with Gasteiger partial charge in [0.25, 0.3) is 0 Å². The Labute approximate surface area is 159 Å². The lowest BCUT2D eigenvalue weighted by molar-refractivity contribution is 1.13. The van der Waals surface area contributed by atoms with Crippen molar-refractivity contribution in [1.29, 1.82) is 0 Å². The van der Waals surface area contributed by atoms with E-state index in [1.54, 1.807) is 6.20 Å². The monoisotopic (exact) mass is 364 g/mol. The fourth-order valence-corrected chi connectivity index (χ4v) is 3.70. The minimum Gasteiger partial charge on any atom is -0.361 e. The summed E-state index contributed by atoms with van der Waals surface area (Å²) < 4.78 is 2.07. The summed E-state index contributed by atoms with van der Waals surface area (Å²) in [6.45, 7) is 0. The Hall–Kier alpha value is -4.06. The van der Waals surface area contributed by atoms with Crippen molar-refractivity contribution in [2.75, 3.05) is 5.32 Å². The SMILES string of the molecule is c1cn2c(-c3ccc4[nH]ccc4c3)cnc2c(Nc2ccc3[nH]ccc3c2)n1. The summed E-state index contributed by atoms with van der Waals surface area (Å²) >= 11 is 0. The molecule has 6 rings (SSSR count). The molecule has 0 fully saturated rings. The van der Waals surface area contributed by atoms with Crippen LogP contribution in [0.4, 0.5) is 11.5 Å². The molecule has 0 aliphatic heterocycles. The van der Waals surface area contributed by atoms with Crippen molar-refractivity contribution in [2.24, 2.45) is 0 Å². The predicted octanol–water partition coefficient (Wildman–Crippen LogP) is 5.10. The lowest BCUT2D eigenvalue weighted by Crippen LogP contribution is -1.98. The number of nitrogens with one attached hydrogen (secondary N) is 3. The molecule has 4 aromatic heterocycles. The van der Waals surface area contributed by atoms with E-state index in [4.69, 9.17) is 0 Å². The zero-order valence-corrected chi connectivity index (χ0v) is 14.8. The van der Waals surface area contributed by atoms with Crippen molar-refractivity contribution in [3.05, 3.63) is 79.5 Å². The molecule has 6 heteroatoms. The quantitative estimate of drug-likeness (QED) is 0.409. The number of nitrogens with zero attached hydrogens (tertiary/aromatic N) is 3. The largest absolute Gasteiger partial charge is 0.361 e. The maximum absolute atomic E-state index is 4.64. The van der Waals surface area contributed by atoms with Crippen molar-refractivity contribution in [2.45, 2.75) is 0 Å². The standard InChI is InChI=1S/C22H16N6/c1-3-18-14(5-7-23-18)11-16(1)20-13-26-22-21(25-9-10-28(20)22)27-17-2-4-19-15(12-17)6-8-24-19/h1-13,23-24H,(H,25,27). The molecular weight excluding hydrogens is 348 g/mol. The number of aromatic amines is 2. The minimum absolute atomic E-state index is 0.728. The summed E-state index contributed by atoms with van der Waals surface area (Å²) in [5, 5.41) is 5.74. The fourth-order valence-electron chi connectivity index (χ4n) is 3.70. The Morgan fingerprint density at radius 3 is 2.46 bits per heavy atom. The normalized spacial score (nSPS) is 11.6. The Bertz CT molecular complexity index is 1450. The van der Waals surface area contributed by atoms with Crippen LogP contribution in [0.5, 0.6) is 0 Å². The van der Waals surface area contributed by atoms with Gasteiger partial charge in [0.05, 0.1) is 11.9 Å². The zero-order valence-electron chi connectivity index (χ0n) is 14.8. The van der Waals surface area contributed by atoms with Gasteiger partial charge in [0.1, 0.15) is 0 Å². The van der Waals surface area contributed by atoms with E-state index in [1.807, 2.05) is 30.9 Å². The average molecular weight is 364 g/mol. The second kappa shape index (κ2) is 5.72. The van der Waals surface area contributed by atoms with Gasteiger partial charge in [0.15, 0.2) is 11.5 Å². The molecule has 0 bridgehead atoms. The molecule has 0 unspecified atom stereocenters. The molecule has 0 radical (unpaired) electrons. The number of aromatic nitrogens is 5. The van der Waals surface area contributed by atoms with Gasteiger partial charge in [-0.2, -0.15) is 0 Å². The molecule has 0 saturated heterocycles. The molecule has 0 atom stereocenters. The molecule has 3 N–H and O–H groups in total. The first-order chi connectivity index (χ1) is 13.8. The highest BCUT2D eigenvalue weighted by Gasteiger charge is 2.11. The number of H-pyrrole nitrogens is 2. The second-order valence-corrected chi connectivity index (χ2v) is 6.80. The molecule has 134 valence electrons. The maximum Gasteiger partial charge on any atom is 0.180 e. The third kappa shape index (κ3) is 2.28. The van der Waals surface area contributed by atoms with Crippen LogP contribution in [0.3, 0.4) is 0 Å². The van der Waals surface area contributed by atoms with Crippen LogP contribution in [0.15, 0.2) is 79.5 Å². The van der Waals surface area contributed by atoms with E-state index in [0.29, 0.717) is 0 Å². The number of fused-ring (bicyclic) bond motifs is 3. The Balaban J connectivity index is 1.44. The summed E-state index contributed by atoms with van der Waals surface area (Å²) in [6, 6.07) is 16.7. The van der Waals surface area contributed by atoms with E-state index in [1.165, 1.54) is 5.39 Å². The van der Waals surface area contributed by atoms with Crippen LogP contribution in [0.2, 0.25) is 0 Å². The van der Waals surface area contributed by atoms with Crippen LogP contribution in [0.25, 0.3) is 38.7 Å². The van der Waals surface area contributed by atoms with Crippen LogP contribution < -0.4 is 5.32 Å². The highest BCUT2D eigenvalue weighted by Crippen LogP contribution is 2.28. The van der Waals surface area contributed by atoms with Crippen LogP contribution in [-0.2, 0) is 0 Å². The van der Waals surface area contributed by atoms with Gasteiger partial charge in [0.2, 0.25) is 0 Å².